The van der Waals surface area contributed by atoms with Crippen LogP contribution < -0.4 is 4.74 Å². The first kappa shape index (κ1) is 16.6. The molecular weight excluding hydrogens is 272 g/mol. The molecule has 118 valence electrons. The van der Waals surface area contributed by atoms with Crippen LogP contribution in [0.25, 0.3) is 0 Å². The van der Waals surface area contributed by atoms with Crippen LogP contribution in [-0.4, -0.2) is 19.3 Å². The van der Waals surface area contributed by atoms with Crippen molar-refractivity contribution in [1.29, 1.82) is 0 Å². The van der Waals surface area contributed by atoms with E-state index in [9.17, 15) is 0 Å². The third kappa shape index (κ3) is 4.35. The maximum Gasteiger partial charge on any atom is 0.119 e. The molecule has 2 nitrogen and oxygen atoms in total. The first-order valence-corrected chi connectivity index (χ1v) is 7.79. The zero-order valence-electron chi connectivity index (χ0n) is 14.1. The maximum atomic E-state index is 5.68. The van der Waals surface area contributed by atoms with Crippen LogP contribution in [-0.2, 0) is 10.2 Å². The molecule has 22 heavy (non-hydrogen) atoms. The summed E-state index contributed by atoms with van der Waals surface area (Å²) in [5.74, 6) is 0.890. The minimum absolute atomic E-state index is 0.108. The van der Waals surface area contributed by atoms with E-state index >= 15 is 0 Å². The van der Waals surface area contributed by atoms with Crippen molar-refractivity contribution in [3.63, 3.8) is 0 Å². The van der Waals surface area contributed by atoms with Crippen molar-refractivity contribution in [2.75, 3.05) is 13.2 Å². The Bertz CT molecular complexity index is 572. The number of hydrogen-bond acceptors (Lipinski definition) is 2. The molecule has 0 aromatic heterocycles. The highest BCUT2D eigenvalue weighted by molar-refractivity contribution is 5.42. The average Bonchev–Trinajstić information content (AvgIpc) is 3.34. The molecule has 0 N–H and O–H groups in total. The van der Waals surface area contributed by atoms with Crippen LogP contribution in [0.3, 0.4) is 0 Å². The topological polar surface area (TPSA) is 21.8 Å². The van der Waals surface area contributed by atoms with Gasteiger partial charge in [-0.05, 0) is 37.1 Å². The second-order valence-electron chi connectivity index (χ2n) is 6.31. The Morgan fingerprint density at radius 1 is 1.32 bits per heavy atom. The van der Waals surface area contributed by atoms with Crippen LogP contribution in [0.2, 0.25) is 0 Å². The van der Waals surface area contributed by atoms with Gasteiger partial charge in [-0.3, -0.25) is 0 Å². The van der Waals surface area contributed by atoms with Crippen molar-refractivity contribution in [3.05, 3.63) is 65.8 Å². The molecular formula is C20H26O2. The summed E-state index contributed by atoms with van der Waals surface area (Å²) < 4.78 is 10.8. The molecule has 0 radical (unpaired) electrons. The zero-order chi connectivity index (χ0) is 16.2. The van der Waals surface area contributed by atoms with Crippen molar-refractivity contribution >= 4 is 0 Å². The molecule has 0 bridgehead atoms. The van der Waals surface area contributed by atoms with Crippen molar-refractivity contribution in [2.24, 2.45) is 0 Å². The van der Waals surface area contributed by atoms with Gasteiger partial charge in [0.1, 0.15) is 18.5 Å². The molecule has 1 aromatic rings. The molecule has 1 aliphatic rings. The predicted molar refractivity (Wildman–Crippen MR) is 92.4 cm³/mol. The Morgan fingerprint density at radius 2 is 1.95 bits per heavy atom. The first-order valence-electron chi connectivity index (χ1n) is 7.79. The molecule has 2 rings (SSSR count). The summed E-state index contributed by atoms with van der Waals surface area (Å²) in [7, 11) is 0. The van der Waals surface area contributed by atoms with Crippen LogP contribution in [0, 0.1) is 0 Å². The number of epoxide rings is 1. The molecule has 2 heteroatoms. The van der Waals surface area contributed by atoms with Gasteiger partial charge in [-0.25, -0.2) is 0 Å². The van der Waals surface area contributed by atoms with Gasteiger partial charge in [0.2, 0.25) is 0 Å². The van der Waals surface area contributed by atoms with E-state index in [1.165, 1.54) is 11.1 Å². The van der Waals surface area contributed by atoms with E-state index in [0.29, 0.717) is 6.61 Å². The van der Waals surface area contributed by atoms with E-state index in [0.717, 1.165) is 17.9 Å². The fraction of sp³-hybridized carbons (Fsp3) is 0.400. The Labute approximate surface area is 134 Å². The normalized spacial score (nSPS) is 18.5. The van der Waals surface area contributed by atoms with Crippen LogP contribution in [0.15, 0.2) is 60.2 Å². The molecule has 1 aliphatic heterocycles. The molecule has 0 amide bonds. The highest BCUT2D eigenvalue weighted by Gasteiger charge is 2.24. The van der Waals surface area contributed by atoms with Gasteiger partial charge in [-0.2, -0.15) is 0 Å². The first-order chi connectivity index (χ1) is 10.4. The Morgan fingerprint density at radius 3 is 2.50 bits per heavy atom. The lowest BCUT2D eigenvalue weighted by atomic mass is 9.78. The zero-order valence-corrected chi connectivity index (χ0v) is 14.1. The van der Waals surface area contributed by atoms with E-state index in [4.69, 9.17) is 9.47 Å². The van der Waals surface area contributed by atoms with E-state index in [1.54, 1.807) is 0 Å². The summed E-state index contributed by atoms with van der Waals surface area (Å²) in [5.41, 5.74) is 3.45. The summed E-state index contributed by atoms with van der Waals surface area (Å²) in [6.07, 6.45) is 6.59. The summed E-state index contributed by atoms with van der Waals surface area (Å²) in [5, 5.41) is 0. The van der Waals surface area contributed by atoms with Gasteiger partial charge >= 0.3 is 0 Å². The highest BCUT2D eigenvalue weighted by atomic mass is 16.6. The number of benzene rings is 1. The lowest BCUT2D eigenvalue weighted by molar-refractivity contribution is 0.263. The van der Waals surface area contributed by atoms with E-state index in [2.05, 4.69) is 57.7 Å². The van der Waals surface area contributed by atoms with Crippen molar-refractivity contribution in [3.8, 4) is 5.75 Å². The van der Waals surface area contributed by atoms with E-state index in [1.807, 2.05) is 19.1 Å². The Kier molecular flexibility index (Phi) is 5.25. The van der Waals surface area contributed by atoms with Crippen LogP contribution >= 0.6 is 0 Å². The van der Waals surface area contributed by atoms with Gasteiger partial charge < -0.3 is 9.47 Å². The number of hydrogen-bond donors (Lipinski definition) is 0. The van der Waals surface area contributed by atoms with E-state index < -0.39 is 0 Å². The summed E-state index contributed by atoms with van der Waals surface area (Å²) in [6, 6.07) is 8.27. The van der Waals surface area contributed by atoms with Crippen LogP contribution in [0.4, 0.5) is 0 Å². The molecule has 1 aromatic carbocycles. The molecule has 1 heterocycles. The summed E-state index contributed by atoms with van der Waals surface area (Å²) >= 11 is 0. The molecule has 1 atom stereocenters. The lowest BCUT2D eigenvalue weighted by Crippen LogP contribution is -2.18. The van der Waals surface area contributed by atoms with Gasteiger partial charge in [-0.15, -0.1) is 0 Å². The van der Waals surface area contributed by atoms with Gasteiger partial charge in [-0.1, -0.05) is 56.4 Å². The number of rotatable bonds is 7. The fourth-order valence-electron chi connectivity index (χ4n) is 2.04. The van der Waals surface area contributed by atoms with Gasteiger partial charge in [0.05, 0.1) is 6.61 Å². The number of ether oxygens (including phenoxy) is 2. The monoisotopic (exact) mass is 298 g/mol. The molecule has 1 unspecified atom stereocenters. The smallest absolute Gasteiger partial charge is 0.119 e. The predicted octanol–water partition coefficient (Wildman–Crippen LogP) is 4.82. The minimum atomic E-state index is -0.108. The van der Waals surface area contributed by atoms with E-state index in [-0.39, 0.29) is 11.5 Å². The Hall–Kier alpha value is -1.80. The SMILES string of the molecule is C=C(/C=C\C(C)=C/C)C(C)(C)c1ccc(OCC2CO2)cc1. The quantitative estimate of drug-likeness (QED) is 0.532. The van der Waals surface area contributed by atoms with Crippen LogP contribution in [0.5, 0.6) is 5.75 Å². The highest BCUT2D eigenvalue weighted by Crippen LogP contribution is 2.32. The molecule has 1 fully saturated rings. The second-order valence-corrected chi connectivity index (χ2v) is 6.31. The Balaban J connectivity index is 2.03. The van der Waals surface area contributed by atoms with Gasteiger partial charge in [0.15, 0.2) is 0 Å². The fourth-order valence-corrected chi connectivity index (χ4v) is 2.04. The third-order valence-electron chi connectivity index (χ3n) is 4.22. The number of allylic oxidation sites excluding steroid dienone is 5. The largest absolute Gasteiger partial charge is 0.491 e. The summed E-state index contributed by atoms with van der Waals surface area (Å²) in [6.45, 7) is 14.2. The molecule has 1 saturated heterocycles. The minimum Gasteiger partial charge on any atom is -0.491 e. The van der Waals surface area contributed by atoms with Crippen molar-refractivity contribution < 1.29 is 9.47 Å². The molecule has 0 saturated carbocycles. The second kappa shape index (κ2) is 6.97. The molecule has 0 aliphatic carbocycles. The average molecular weight is 298 g/mol. The summed E-state index contributed by atoms with van der Waals surface area (Å²) in [4.78, 5) is 0. The maximum absolute atomic E-state index is 5.68. The van der Waals surface area contributed by atoms with Crippen molar-refractivity contribution in [2.45, 2.75) is 39.2 Å². The van der Waals surface area contributed by atoms with Crippen molar-refractivity contribution in [1.82, 2.24) is 0 Å². The standard InChI is InChI=1S/C20H26O2/c1-6-15(2)7-8-16(3)20(4,5)17-9-11-18(12-10-17)21-13-19-14-22-19/h6-12,19H,3,13-14H2,1-2,4-5H3/b8-7-,15-6-. The van der Waals surface area contributed by atoms with Gasteiger partial charge in [0, 0.05) is 5.41 Å². The van der Waals surface area contributed by atoms with Crippen LogP contribution in [0.1, 0.15) is 33.3 Å². The lowest BCUT2D eigenvalue weighted by Gasteiger charge is -2.26. The molecule has 0 spiro atoms. The van der Waals surface area contributed by atoms with Gasteiger partial charge in [0.25, 0.3) is 0 Å². The third-order valence-corrected chi connectivity index (χ3v) is 4.22.